The maximum absolute atomic E-state index is 10.9. The summed E-state index contributed by atoms with van der Waals surface area (Å²) < 4.78 is 0. The molecular weight excluding hydrogens is 192 g/mol. The number of anilines is 1. The molecule has 1 fully saturated rings. The molecule has 0 amide bonds. The molecule has 2 N–H and O–H groups in total. The molecule has 82 valence electrons. The Balaban J connectivity index is 2.04. The Bertz CT molecular complexity index is 376. The summed E-state index contributed by atoms with van der Waals surface area (Å²) in [6, 6.07) is 0.426. The number of aromatic amines is 1. The second kappa shape index (κ2) is 4.42. The maximum atomic E-state index is 10.9. The van der Waals surface area contributed by atoms with Gasteiger partial charge in [-0.05, 0) is 18.8 Å². The number of hydrogen-bond acceptors (Lipinski definition) is 4. The third kappa shape index (κ3) is 2.55. The van der Waals surface area contributed by atoms with Crippen LogP contribution in [-0.2, 0) is 0 Å². The lowest BCUT2D eigenvalue weighted by molar-refractivity contribution is 0.349. The van der Waals surface area contributed by atoms with E-state index in [1.807, 2.05) is 0 Å². The van der Waals surface area contributed by atoms with Crippen LogP contribution >= 0.6 is 0 Å². The molecule has 0 bridgehead atoms. The Morgan fingerprint density at radius 2 is 2.27 bits per heavy atom. The summed E-state index contributed by atoms with van der Waals surface area (Å²) in [4.78, 5) is 14.8. The summed E-state index contributed by atoms with van der Waals surface area (Å²) in [5.74, 6) is 1.22. The van der Waals surface area contributed by atoms with Crippen molar-refractivity contribution in [1.82, 2.24) is 15.2 Å². The first-order valence-electron chi connectivity index (χ1n) is 5.44. The van der Waals surface area contributed by atoms with E-state index in [1.165, 1.54) is 19.3 Å². The van der Waals surface area contributed by atoms with Gasteiger partial charge < -0.3 is 5.32 Å². The van der Waals surface area contributed by atoms with E-state index < -0.39 is 5.69 Å². The zero-order valence-corrected chi connectivity index (χ0v) is 8.86. The van der Waals surface area contributed by atoms with Crippen LogP contribution in [-0.4, -0.2) is 21.2 Å². The molecule has 0 aromatic carbocycles. The first-order chi connectivity index (χ1) is 7.25. The van der Waals surface area contributed by atoms with Crippen molar-refractivity contribution in [3.63, 3.8) is 0 Å². The van der Waals surface area contributed by atoms with E-state index in [1.54, 1.807) is 6.20 Å². The van der Waals surface area contributed by atoms with Crippen molar-refractivity contribution in [1.29, 1.82) is 0 Å². The average molecular weight is 208 g/mol. The topological polar surface area (TPSA) is 70.7 Å². The number of H-pyrrole nitrogens is 1. The van der Waals surface area contributed by atoms with Gasteiger partial charge in [-0.25, -0.2) is 9.89 Å². The van der Waals surface area contributed by atoms with Gasteiger partial charge in [-0.1, -0.05) is 19.8 Å². The molecule has 1 heterocycles. The largest absolute Gasteiger partial charge is 0.366 e. The van der Waals surface area contributed by atoms with Crippen molar-refractivity contribution in [3.05, 3.63) is 16.7 Å². The van der Waals surface area contributed by atoms with Crippen LogP contribution in [0.15, 0.2) is 11.0 Å². The number of hydrogen-bond donors (Lipinski definition) is 2. The lowest BCUT2D eigenvalue weighted by Crippen LogP contribution is -2.31. The fourth-order valence-corrected chi connectivity index (χ4v) is 2.10. The van der Waals surface area contributed by atoms with Crippen LogP contribution in [0.1, 0.15) is 32.6 Å². The normalized spacial score (nSPS) is 26.2. The average Bonchev–Trinajstić information content (AvgIpc) is 2.22. The SMILES string of the molecule is C[C@@H]1CCCC[C@@H]1Nc1cn[nH]c(=O)n1. The van der Waals surface area contributed by atoms with Gasteiger partial charge in [0.2, 0.25) is 0 Å². The standard InChI is InChI=1S/C10H16N4O/c1-7-4-2-3-5-8(7)12-9-6-11-14-10(15)13-9/h6-8H,2-5H2,1H3,(H2,12,13,14,15)/t7-,8+/m1/s1. The van der Waals surface area contributed by atoms with Crippen LogP contribution in [0.3, 0.4) is 0 Å². The van der Waals surface area contributed by atoms with Crippen molar-refractivity contribution in [2.24, 2.45) is 5.92 Å². The van der Waals surface area contributed by atoms with E-state index in [4.69, 9.17) is 0 Å². The highest BCUT2D eigenvalue weighted by Gasteiger charge is 2.21. The predicted molar refractivity (Wildman–Crippen MR) is 57.7 cm³/mol. The lowest BCUT2D eigenvalue weighted by Gasteiger charge is -2.29. The van der Waals surface area contributed by atoms with Crippen molar-refractivity contribution in [2.75, 3.05) is 5.32 Å². The second-order valence-corrected chi connectivity index (χ2v) is 4.18. The predicted octanol–water partition coefficient (Wildman–Crippen LogP) is 1.16. The number of nitrogens with zero attached hydrogens (tertiary/aromatic N) is 2. The molecular formula is C10H16N4O. The van der Waals surface area contributed by atoms with Crippen LogP contribution in [0, 0.1) is 5.92 Å². The molecule has 1 aliphatic rings. The van der Waals surface area contributed by atoms with Gasteiger partial charge >= 0.3 is 5.69 Å². The molecule has 0 unspecified atom stereocenters. The van der Waals surface area contributed by atoms with Crippen LogP contribution in [0.25, 0.3) is 0 Å². The summed E-state index contributed by atoms with van der Waals surface area (Å²) in [6.45, 7) is 2.23. The number of nitrogens with one attached hydrogen (secondary N) is 2. The van der Waals surface area contributed by atoms with Gasteiger partial charge in [-0.3, -0.25) is 0 Å². The monoisotopic (exact) mass is 208 g/mol. The Hall–Kier alpha value is -1.39. The molecule has 0 radical (unpaired) electrons. The molecule has 1 saturated carbocycles. The zero-order chi connectivity index (χ0) is 10.7. The minimum Gasteiger partial charge on any atom is -0.366 e. The van der Waals surface area contributed by atoms with E-state index in [2.05, 4.69) is 27.4 Å². The lowest BCUT2D eigenvalue weighted by atomic mass is 9.86. The smallest absolute Gasteiger partial charge is 0.363 e. The molecule has 0 saturated heterocycles. The van der Waals surface area contributed by atoms with Gasteiger partial charge in [-0.2, -0.15) is 10.1 Å². The minimum absolute atomic E-state index is 0.400. The fraction of sp³-hybridized carbons (Fsp3) is 0.700. The van der Waals surface area contributed by atoms with Crippen LogP contribution in [0.4, 0.5) is 5.82 Å². The van der Waals surface area contributed by atoms with Crippen molar-refractivity contribution in [2.45, 2.75) is 38.6 Å². The molecule has 15 heavy (non-hydrogen) atoms. The fourth-order valence-electron chi connectivity index (χ4n) is 2.10. The summed E-state index contributed by atoms with van der Waals surface area (Å²) in [6.07, 6.45) is 6.51. The van der Waals surface area contributed by atoms with Crippen molar-refractivity contribution in [3.8, 4) is 0 Å². The van der Waals surface area contributed by atoms with Gasteiger partial charge in [0, 0.05) is 6.04 Å². The molecule has 2 atom stereocenters. The van der Waals surface area contributed by atoms with E-state index in [0.717, 1.165) is 6.42 Å². The molecule has 0 aliphatic heterocycles. The number of rotatable bonds is 2. The highest BCUT2D eigenvalue weighted by atomic mass is 16.1. The van der Waals surface area contributed by atoms with Crippen LogP contribution in [0.5, 0.6) is 0 Å². The van der Waals surface area contributed by atoms with Crippen molar-refractivity contribution < 1.29 is 0 Å². The third-order valence-electron chi connectivity index (χ3n) is 3.01. The van der Waals surface area contributed by atoms with Gasteiger partial charge in [0.25, 0.3) is 0 Å². The summed E-state index contributed by atoms with van der Waals surface area (Å²) in [5, 5.41) is 9.25. The summed E-state index contributed by atoms with van der Waals surface area (Å²) >= 11 is 0. The third-order valence-corrected chi connectivity index (χ3v) is 3.01. The molecule has 2 rings (SSSR count). The Morgan fingerprint density at radius 3 is 3.00 bits per heavy atom. The molecule has 5 heteroatoms. The first kappa shape index (κ1) is 10.1. The first-order valence-corrected chi connectivity index (χ1v) is 5.44. The number of aromatic nitrogens is 3. The second-order valence-electron chi connectivity index (χ2n) is 4.18. The Morgan fingerprint density at radius 1 is 1.47 bits per heavy atom. The van der Waals surface area contributed by atoms with E-state index in [0.29, 0.717) is 17.8 Å². The molecule has 5 nitrogen and oxygen atoms in total. The van der Waals surface area contributed by atoms with Gasteiger partial charge in [0.05, 0.1) is 6.20 Å². The van der Waals surface area contributed by atoms with E-state index >= 15 is 0 Å². The Kier molecular flexibility index (Phi) is 2.99. The Labute approximate surface area is 88.3 Å². The highest BCUT2D eigenvalue weighted by molar-refractivity contribution is 5.31. The summed E-state index contributed by atoms with van der Waals surface area (Å²) in [7, 11) is 0. The maximum Gasteiger partial charge on any atom is 0.363 e. The van der Waals surface area contributed by atoms with Crippen LogP contribution in [0.2, 0.25) is 0 Å². The van der Waals surface area contributed by atoms with Gasteiger partial charge in [0.15, 0.2) is 5.82 Å². The van der Waals surface area contributed by atoms with Crippen LogP contribution < -0.4 is 11.0 Å². The molecule has 1 aliphatic carbocycles. The van der Waals surface area contributed by atoms with E-state index in [-0.39, 0.29) is 0 Å². The quantitative estimate of drug-likeness (QED) is 0.765. The van der Waals surface area contributed by atoms with Crippen molar-refractivity contribution >= 4 is 5.82 Å². The summed E-state index contributed by atoms with van der Waals surface area (Å²) in [5.41, 5.74) is -0.400. The van der Waals surface area contributed by atoms with Gasteiger partial charge in [0.1, 0.15) is 0 Å². The molecule has 1 aromatic rings. The van der Waals surface area contributed by atoms with Gasteiger partial charge in [-0.15, -0.1) is 0 Å². The minimum atomic E-state index is -0.400. The van der Waals surface area contributed by atoms with E-state index in [9.17, 15) is 4.79 Å². The molecule has 1 aromatic heterocycles. The molecule has 0 spiro atoms. The zero-order valence-electron chi connectivity index (χ0n) is 8.86. The highest BCUT2D eigenvalue weighted by Crippen LogP contribution is 2.25.